The van der Waals surface area contributed by atoms with Crippen molar-refractivity contribution in [3.8, 4) is 5.75 Å². The molecule has 0 saturated carbocycles. The monoisotopic (exact) mass is 357 g/mol. The minimum Gasteiger partial charge on any atom is -0.479 e. The first kappa shape index (κ1) is 17.1. The summed E-state index contributed by atoms with van der Waals surface area (Å²) in [7, 11) is 0. The molecule has 0 unspecified atom stereocenters. The molecule has 0 fully saturated rings. The highest BCUT2D eigenvalue weighted by Crippen LogP contribution is 2.27. The number of para-hydroxylation sites is 1. The molecule has 1 aromatic carbocycles. The molecular weight excluding hydrogens is 342 g/mol. The largest absolute Gasteiger partial charge is 0.479 e. The van der Waals surface area contributed by atoms with Gasteiger partial charge in [-0.25, -0.2) is 0 Å². The van der Waals surface area contributed by atoms with Gasteiger partial charge < -0.3 is 4.74 Å². The molecule has 8 heteroatoms. The number of anilines is 1. The quantitative estimate of drug-likeness (QED) is 0.597. The minimum atomic E-state index is -0.633. The zero-order valence-corrected chi connectivity index (χ0v) is 14.6. The van der Waals surface area contributed by atoms with Crippen molar-refractivity contribution in [1.82, 2.24) is 10.2 Å². The number of hydrogen-bond donors (Lipinski definition) is 1. The highest BCUT2D eigenvalue weighted by Gasteiger charge is 2.21. The number of ether oxygens (including phenoxy) is 1. The summed E-state index contributed by atoms with van der Waals surface area (Å²) in [6.45, 7) is 3.91. The van der Waals surface area contributed by atoms with Crippen LogP contribution in [0.15, 0.2) is 28.6 Å². The van der Waals surface area contributed by atoms with Crippen LogP contribution in [0.3, 0.4) is 0 Å². The summed E-state index contributed by atoms with van der Waals surface area (Å²) in [6, 6.07) is 7.08. The van der Waals surface area contributed by atoms with Gasteiger partial charge in [0, 0.05) is 0 Å². The highest BCUT2D eigenvalue weighted by atomic mass is 35.5. The van der Waals surface area contributed by atoms with E-state index < -0.39 is 6.10 Å². The standard InChI is InChI=1S/C14H16ClN3O2S2/c1-3-10(20-11-8-6-5-7-9(11)15)12(19)16-13-17-18-14(22-13)21-4-2/h5-8,10H,3-4H2,1-2H3,(H,16,17,19)/t10-/m1/s1. The van der Waals surface area contributed by atoms with Gasteiger partial charge >= 0.3 is 0 Å². The van der Waals surface area contributed by atoms with Crippen LogP contribution in [0, 0.1) is 0 Å². The Labute approximate surface area is 142 Å². The van der Waals surface area contributed by atoms with E-state index >= 15 is 0 Å². The fraction of sp³-hybridized carbons (Fsp3) is 0.357. The average molecular weight is 358 g/mol. The Bertz CT molecular complexity index is 636. The van der Waals surface area contributed by atoms with Gasteiger partial charge in [-0.2, -0.15) is 0 Å². The molecule has 2 aromatic rings. The summed E-state index contributed by atoms with van der Waals surface area (Å²) >= 11 is 8.99. The molecule has 2 rings (SSSR count). The topological polar surface area (TPSA) is 64.1 Å². The maximum absolute atomic E-state index is 12.3. The summed E-state index contributed by atoms with van der Waals surface area (Å²) in [4.78, 5) is 12.3. The molecule has 1 heterocycles. The molecule has 0 aliphatic rings. The number of benzene rings is 1. The number of halogens is 1. The normalized spacial score (nSPS) is 12.0. The van der Waals surface area contributed by atoms with Crippen molar-refractivity contribution in [1.29, 1.82) is 0 Å². The molecule has 0 saturated heterocycles. The Morgan fingerprint density at radius 1 is 1.41 bits per heavy atom. The zero-order chi connectivity index (χ0) is 15.9. The first-order chi connectivity index (χ1) is 10.6. The van der Waals surface area contributed by atoms with E-state index in [-0.39, 0.29) is 5.91 Å². The van der Waals surface area contributed by atoms with Crippen molar-refractivity contribution >= 4 is 45.7 Å². The second kappa shape index (κ2) is 8.36. The van der Waals surface area contributed by atoms with Gasteiger partial charge in [-0.1, -0.05) is 60.7 Å². The lowest BCUT2D eigenvalue weighted by Crippen LogP contribution is -2.32. The third kappa shape index (κ3) is 4.59. The predicted octanol–water partition coefficient (Wildman–Crippen LogP) is 4.10. The Morgan fingerprint density at radius 2 is 2.18 bits per heavy atom. The van der Waals surface area contributed by atoms with Crippen molar-refractivity contribution in [2.45, 2.75) is 30.7 Å². The van der Waals surface area contributed by atoms with Gasteiger partial charge in [-0.15, -0.1) is 10.2 Å². The van der Waals surface area contributed by atoms with E-state index in [4.69, 9.17) is 16.3 Å². The van der Waals surface area contributed by atoms with Crippen LogP contribution in [-0.4, -0.2) is 28.0 Å². The molecule has 118 valence electrons. The molecule has 0 spiro atoms. The van der Waals surface area contributed by atoms with E-state index in [9.17, 15) is 4.79 Å². The fourth-order valence-corrected chi connectivity index (χ4v) is 3.48. The van der Waals surface area contributed by atoms with Gasteiger partial charge in [0.15, 0.2) is 10.4 Å². The summed E-state index contributed by atoms with van der Waals surface area (Å²) in [5.41, 5.74) is 0. The zero-order valence-electron chi connectivity index (χ0n) is 12.2. The first-order valence-electron chi connectivity index (χ1n) is 6.82. The lowest BCUT2D eigenvalue weighted by molar-refractivity contribution is -0.122. The average Bonchev–Trinajstić information content (AvgIpc) is 2.94. The van der Waals surface area contributed by atoms with Crippen LogP contribution in [0.2, 0.25) is 5.02 Å². The van der Waals surface area contributed by atoms with Gasteiger partial charge in [-0.3, -0.25) is 10.1 Å². The fourth-order valence-electron chi connectivity index (χ4n) is 1.64. The highest BCUT2D eigenvalue weighted by molar-refractivity contribution is 8.01. The number of carbonyl (C=O) groups excluding carboxylic acids is 1. The summed E-state index contributed by atoms with van der Waals surface area (Å²) in [6.07, 6.45) is -0.113. The second-order valence-electron chi connectivity index (χ2n) is 4.24. The Balaban J connectivity index is 2.00. The van der Waals surface area contributed by atoms with Gasteiger partial charge in [0.2, 0.25) is 5.13 Å². The smallest absolute Gasteiger partial charge is 0.267 e. The van der Waals surface area contributed by atoms with Crippen molar-refractivity contribution < 1.29 is 9.53 Å². The Hall–Kier alpha value is -1.31. The predicted molar refractivity (Wildman–Crippen MR) is 91.1 cm³/mol. The molecule has 1 amide bonds. The van der Waals surface area contributed by atoms with E-state index in [2.05, 4.69) is 15.5 Å². The van der Waals surface area contributed by atoms with Crippen LogP contribution in [0.4, 0.5) is 5.13 Å². The SMILES string of the molecule is CCSc1nnc(NC(=O)[C@@H](CC)Oc2ccccc2Cl)s1. The first-order valence-corrected chi connectivity index (χ1v) is 9.00. The molecule has 0 aliphatic carbocycles. The maximum Gasteiger partial charge on any atom is 0.267 e. The summed E-state index contributed by atoms with van der Waals surface area (Å²) in [5.74, 6) is 1.15. The molecular formula is C14H16ClN3O2S2. The number of carbonyl (C=O) groups is 1. The van der Waals surface area contributed by atoms with Gasteiger partial charge in [0.05, 0.1) is 5.02 Å². The number of aromatic nitrogens is 2. The molecule has 22 heavy (non-hydrogen) atoms. The van der Waals surface area contributed by atoms with E-state index in [1.54, 1.807) is 23.9 Å². The molecule has 1 aromatic heterocycles. The summed E-state index contributed by atoms with van der Waals surface area (Å²) < 4.78 is 6.52. The molecule has 5 nitrogen and oxygen atoms in total. The number of hydrogen-bond acceptors (Lipinski definition) is 6. The Morgan fingerprint density at radius 3 is 2.86 bits per heavy atom. The van der Waals surface area contributed by atoms with Crippen LogP contribution < -0.4 is 10.1 Å². The van der Waals surface area contributed by atoms with Crippen LogP contribution >= 0.6 is 34.7 Å². The number of rotatable bonds is 7. The van der Waals surface area contributed by atoms with Crippen LogP contribution in [0.25, 0.3) is 0 Å². The van der Waals surface area contributed by atoms with E-state index in [0.717, 1.165) is 10.1 Å². The molecule has 0 bridgehead atoms. The molecule has 1 N–H and O–H groups in total. The molecule has 0 aliphatic heterocycles. The lowest BCUT2D eigenvalue weighted by Gasteiger charge is -2.17. The van der Waals surface area contributed by atoms with Gasteiger partial charge in [-0.05, 0) is 24.3 Å². The van der Waals surface area contributed by atoms with Crippen molar-refractivity contribution in [2.24, 2.45) is 0 Å². The number of amides is 1. The van der Waals surface area contributed by atoms with Gasteiger partial charge in [0.1, 0.15) is 5.75 Å². The van der Waals surface area contributed by atoms with Gasteiger partial charge in [0.25, 0.3) is 5.91 Å². The number of nitrogens with zero attached hydrogens (tertiary/aromatic N) is 2. The van der Waals surface area contributed by atoms with E-state index in [0.29, 0.717) is 22.3 Å². The second-order valence-corrected chi connectivity index (χ2v) is 7.14. The van der Waals surface area contributed by atoms with Crippen LogP contribution in [0.5, 0.6) is 5.75 Å². The lowest BCUT2D eigenvalue weighted by atomic mass is 10.2. The van der Waals surface area contributed by atoms with Crippen molar-refractivity contribution in [2.75, 3.05) is 11.1 Å². The van der Waals surface area contributed by atoms with E-state index in [1.807, 2.05) is 26.0 Å². The van der Waals surface area contributed by atoms with E-state index in [1.165, 1.54) is 11.3 Å². The summed E-state index contributed by atoms with van der Waals surface area (Å²) in [5, 5.41) is 11.6. The maximum atomic E-state index is 12.3. The van der Waals surface area contributed by atoms with Crippen LogP contribution in [0.1, 0.15) is 20.3 Å². The minimum absolute atomic E-state index is 0.258. The molecule has 0 radical (unpaired) electrons. The van der Waals surface area contributed by atoms with Crippen molar-refractivity contribution in [3.63, 3.8) is 0 Å². The Kier molecular flexibility index (Phi) is 6.48. The van der Waals surface area contributed by atoms with Crippen molar-refractivity contribution in [3.05, 3.63) is 29.3 Å². The number of thioether (sulfide) groups is 1. The third-order valence-electron chi connectivity index (χ3n) is 2.67. The number of nitrogens with one attached hydrogen (secondary N) is 1. The third-order valence-corrected chi connectivity index (χ3v) is 4.84. The van der Waals surface area contributed by atoms with Crippen LogP contribution in [-0.2, 0) is 4.79 Å². The molecule has 1 atom stereocenters.